The molecule has 1 N–H and O–H groups in total. The Bertz CT molecular complexity index is 1330. The van der Waals surface area contributed by atoms with Gasteiger partial charge in [-0.15, -0.1) is 5.10 Å². The summed E-state index contributed by atoms with van der Waals surface area (Å²) in [6.07, 6.45) is 0. The van der Waals surface area contributed by atoms with E-state index < -0.39 is 29.5 Å². The molecule has 0 aliphatic carbocycles. The summed E-state index contributed by atoms with van der Waals surface area (Å²) in [5.41, 5.74) is 1.58. The molecule has 0 radical (unpaired) electrons. The fourth-order valence-corrected chi connectivity index (χ4v) is 3.73. The van der Waals surface area contributed by atoms with Gasteiger partial charge >= 0.3 is 0 Å². The number of fused-ring (bicyclic) bond motifs is 1. The normalized spacial score (nSPS) is 11.9. The van der Waals surface area contributed by atoms with Gasteiger partial charge in [0, 0.05) is 24.9 Å². The van der Waals surface area contributed by atoms with Crippen LogP contribution in [0.5, 0.6) is 0 Å². The van der Waals surface area contributed by atoms with Gasteiger partial charge in [0.15, 0.2) is 0 Å². The third kappa shape index (κ3) is 5.49. The Morgan fingerprint density at radius 3 is 2.49 bits per heavy atom. The second kappa shape index (κ2) is 10.8. The third-order valence-corrected chi connectivity index (χ3v) is 5.43. The molecule has 0 spiro atoms. The van der Waals surface area contributed by atoms with Crippen molar-refractivity contribution in [3.05, 3.63) is 90.0 Å². The highest BCUT2D eigenvalue weighted by Crippen LogP contribution is 2.26. The molecule has 0 unspecified atom stereocenters. The van der Waals surface area contributed by atoms with E-state index in [2.05, 4.69) is 15.6 Å². The number of ether oxygens (including phenoxy) is 1. The van der Waals surface area contributed by atoms with Crippen LogP contribution in [-0.4, -0.2) is 52.0 Å². The van der Waals surface area contributed by atoms with Gasteiger partial charge in [0.1, 0.15) is 29.7 Å². The van der Waals surface area contributed by atoms with E-state index in [1.807, 2.05) is 6.07 Å². The maximum absolute atomic E-state index is 14.9. The molecule has 4 rings (SSSR count). The van der Waals surface area contributed by atoms with Crippen molar-refractivity contribution in [3.8, 4) is 0 Å². The first-order chi connectivity index (χ1) is 17.0. The molecule has 35 heavy (non-hydrogen) atoms. The first-order valence-corrected chi connectivity index (χ1v) is 10.9. The van der Waals surface area contributed by atoms with Gasteiger partial charge in [-0.3, -0.25) is 9.59 Å². The number of hydrogen-bond donors (Lipinski definition) is 1. The number of benzene rings is 3. The lowest BCUT2D eigenvalue weighted by Gasteiger charge is -2.31. The predicted octanol–water partition coefficient (Wildman–Crippen LogP) is 3.56. The van der Waals surface area contributed by atoms with E-state index in [4.69, 9.17) is 4.74 Å². The second-order valence-corrected chi connectivity index (χ2v) is 7.74. The van der Waals surface area contributed by atoms with E-state index in [9.17, 15) is 18.4 Å². The topological polar surface area (TPSA) is 89.3 Å². The minimum absolute atomic E-state index is 0.0117. The van der Waals surface area contributed by atoms with Crippen molar-refractivity contribution < 1.29 is 23.1 Å². The number of rotatable bonds is 9. The molecule has 2 amide bonds. The fourth-order valence-electron chi connectivity index (χ4n) is 3.73. The van der Waals surface area contributed by atoms with Crippen LogP contribution in [0.4, 0.5) is 14.5 Å². The van der Waals surface area contributed by atoms with Gasteiger partial charge in [0.05, 0.1) is 12.1 Å². The first kappa shape index (κ1) is 24.0. The van der Waals surface area contributed by atoms with Crippen molar-refractivity contribution in [2.45, 2.75) is 12.6 Å². The van der Waals surface area contributed by atoms with Gasteiger partial charge in [0.25, 0.3) is 5.91 Å². The number of methoxy groups -OCH3 is 1. The number of amides is 2. The number of anilines is 1. The van der Waals surface area contributed by atoms with Crippen molar-refractivity contribution in [2.75, 3.05) is 25.6 Å². The van der Waals surface area contributed by atoms with E-state index in [1.165, 1.54) is 59.2 Å². The Hall–Kier alpha value is -4.18. The minimum atomic E-state index is -1.32. The minimum Gasteiger partial charge on any atom is -0.383 e. The molecular weight excluding hydrogens is 456 g/mol. The van der Waals surface area contributed by atoms with E-state index in [0.29, 0.717) is 16.7 Å². The summed E-state index contributed by atoms with van der Waals surface area (Å²) in [6, 6.07) is 16.7. The summed E-state index contributed by atoms with van der Waals surface area (Å²) >= 11 is 0. The zero-order valence-electron chi connectivity index (χ0n) is 18.9. The first-order valence-electron chi connectivity index (χ1n) is 10.9. The van der Waals surface area contributed by atoms with Gasteiger partial charge in [-0.25, -0.2) is 13.5 Å². The molecule has 180 valence electrons. The van der Waals surface area contributed by atoms with Crippen LogP contribution in [0.25, 0.3) is 11.0 Å². The monoisotopic (exact) mass is 479 g/mol. The van der Waals surface area contributed by atoms with Crippen LogP contribution in [0.3, 0.4) is 0 Å². The molecule has 8 nitrogen and oxygen atoms in total. The summed E-state index contributed by atoms with van der Waals surface area (Å²) in [5, 5.41) is 10.8. The van der Waals surface area contributed by atoms with Gasteiger partial charge in [-0.05, 0) is 42.5 Å². The van der Waals surface area contributed by atoms with E-state index in [-0.39, 0.29) is 25.3 Å². The molecule has 0 fully saturated rings. The van der Waals surface area contributed by atoms with Crippen molar-refractivity contribution in [3.63, 3.8) is 0 Å². The smallest absolute Gasteiger partial charge is 0.251 e. The average Bonchev–Trinajstić information content (AvgIpc) is 3.26. The largest absolute Gasteiger partial charge is 0.383 e. The van der Waals surface area contributed by atoms with Gasteiger partial charge in [0.2, 0.25) is 5.91 Å². The molecular formula is C25H23F2N5O3. The number of halogens is 2. The molecule has 0 saturated carbocycles. The van der Waals surface area contributed by atoms with Crippen molar-refractivity contribution >= 4 is 28.5 Å². The lowest BCUT2D eigenvalue weighted by atomic mass is 10.0. The second-order valence-electron chi connectivity index (χ2n) is 7.74. The predicted molar refractivity (Wildman–Crippen MR) is 125 cm³/mol. The Labute approximate surface area is 200 Å². The zero-order chi connectivity index (χ0) is 24.8. The molecule has 4 aromatic rings. The highest BCUT2D eigenvalue weighted by atomic mass is 19.1. The van der Waals surface area contributed by atoms with Crippen molar-refractivity contribution in [1.29, 1.82) is 0 Å². The maximum Gasteiger partial charge on any atom is 0.251 e. The zero-order valence-corrected chi connectivity index (χ0v) is 18.9. The molecule has 1 atom stereocenters. The van der Waals surface area contributed by atoms with Crippen LogP contribution >= 0.6 is 0 Å². The molecule has 3 aromatic carbocycles. The lowest BCUT2D eigenvalue weighted by Crippen LogP contribution is -2.44. The third-order valence-electron chi connectivity index (χ3n) is 5.43. The number of carbonyl (C=O) groups excluding carboxylic acids is 2. The molecule has 0 aliphatic rings. The number of nitrogens with zero attached hydrogens (tertiary/aromatic N) is 4. The van der Waals surface area contributed by atoms with Crippen molar-refractivity contribution in [1.82, 2.24) is 19.9 Å². The number of para-hydroxylation sites is 1. The quantitative estimate of drug-likeness (QED) is 0.397. The number of carbonyl (C=O) groups is 2. The van der Waals surface area contributed by atoms with Crippen LogP contribution in [0.2, 0.25) is 0 Å². The standard InChI is InChI=1S/C25H23F2N5O3/c1-35-15-14-31(23(33)16-32-22-9-5-4-8-21(22)29-30-32)24(19-6-2-3-7-20(19)27)25(34)28-18-12-10-17(26)11-13-18/h2-13,24H,14-16H2,1H3,(H,28,34)/t24-/m1/s1. The van der Waals surface area contributed by atoms with Crippen LogP contribution in [0, 0.1) is 11.6 Å². The van der Waals surface area contributed by atoms with E-state index >= 15 is 0 Å². The molecule has 0 bridgehead atoms. The van der Waals surface area contributed by atoms with Gasteiger partial charge < -0.3 is 15.0 Å². The summed E-state index contributed by atoms with van der Waals surface area (Å²) in [4.78, 5) is 28.2. The highest BCUT2D eigenvalue weighted by Gasteiger charge is 2.33. The van der Waals surface area contributed by atoms with E-state index in [1.54, 1.807) is 24.3 Å². The number of nitrogens with one attached hydrogen (secondary N) is 1. The van der Waals surface area contributed by atoms with Crippen LogP contribution < -0.4 is 5.32 Å². The Morgan fingerprint density at radius 2 is 1.74 bits per heavy atom. The molecule has 1 aromatic heterocycles. The van der Waals surface area contributed by atoms with E-state index in [0.717, 1.165) is 0 Å². The highest BCUT2D eigenvalue weighted by molar-refractivity contribution is 5.98. The number of hydrogen-bond acceptors (Lipinski definition) is 5. The molecule has 1 heterocycles. The Morgan fingerprint density at radius 1 is 1.03 bits per heavy atom. The number of aromatic nitrogens is 3. The van der Waals surface area contributed by atoms with Gasteiger partial charge in [-0.1, -0.05) is 35.5 Å². The lowest BCUT2D eigenvalue weighted by molar-refractivity contribution is -0.140. The summed E-state index contributed by atoms with van der Waals surface area (Å²) < 4.78 is 34.8. The Kier molecular flexibility index (Phi) is 7.41. The van der Waals surface area contributed by atoms with Gasteiger partial charge in [-0.2, -0.15) is 0 Å². The molecule has 0 aliphatic heterocycles. The maximum atomic E-state index is 14.9. The summed E-state index contributed by atoms with van der Waals surface area (Å²) in [7, 11) is 1.46. The Balaban J connectivity index is 1.69. The molecule has 10 heteroatoms. The summed E-state index contributed by atoms with van der Waals surface area (Å²) in [5.74, 6) is -2.26. The summed E-state index contributed by atoms with van der Waals surface area (Å²) in [6.45, 7) is -0.102. The SMILES string of the molecule is COCCN(C(=O)Cn1nnc2ccccc21)[C@@H](C(=O)Nc1ccc(F)cc1)c1ccccc1F. The van der Waals surface area contributed by atoms with Crippen LogP contribution in [0.1, 0.15) is 11.6 Å². The molecule has 0 saturated heterocycles. The van der Waals surface area contributed by atoms with Crippen LogP contribution in [-0.2, 0) is 20.9 Å². The van der Waals surface area contributed by atoms with Crippen molar-refractivity contribution in [2.24, 2.45) is 0 Å². The average molecular weight is 479 g/mol. The van der Waals surface area contributed by atoms with Crippen LogP contribution in [0.15, 0.2) is 72.8 Å². The fraction of sp³-hybridized carbons (Fsp3) is 0.200.